The number of nitro benzene ring substituents is 1. The highest BCUT2D eigenvalue weighted by molar-refractivity contribution is 5.79. The molecule has 2 rings (SSSR count). The van der Waals surface area contributed by atoms with Crippen LogP contribution in [0.2, 0.25) is 0 Å². The molecule has 0 aliphatic carbocycles. The molecule has 0 amide bonds. The van der Waals surface area contributed by atoms with Crippen LogP contribution in [0.15, 0.2) is 24.3 Å². The molecule has 1 aromatic rings. The van der Waals surface area contributed by atoms with Gasteiger partial charge in [0.25, 0.3) is 5.69 Å². The number of ether oxygens (including phenoxy) is 1. The Bertz CT molecular complexity index is 517. The number of hydrogen-bond donors (Lipinski definition) is 0. The van der Waals surface area contributed by atoms with Gasteiger partial charge in [0.2, 0.25) is 0 Å². The lowest BCUT2D eigenvalue weighted by atomic mass is 9.90. The van der Waals surface area contributed by atoms with E-state index in [1.165, 1.54) is 13.2 Å². The van der Waals surface area contributed by atoms with Crippen LogP contribution >= 0.6 is 0 Å². The number of para-hydroxylation sites is 2. The van der Waals surface area contributed by atoms with Gasteiger partial charge in [0, 0.05) is 19.2 Å². The van der Waals surface area contributed by atoms with Crippen LogP contribution in [0.1, 0.15) is 13.3 Å². The Labute approximate surface area is 111 Å². The van der Waals surface area contributed by atoms with E-state index in [0.717, 1.165) is 0 Å². The lowest BCUT2D eigenvalue weighted by Crippen LogP contribution is -2.33. The molecule has 6 nitrogen and oxygen atoms in total. The third kappa shape index (κ3) is 2.38. The quantitative estimate of drug-likeness (QED) is 0.474. The zero-order chi connectivity index (χ0) is 14.0. The van der Waals surface area contributed by atoms with Gasteiger partial charge in [0.1, 0.15) is 5.69 Å². The lowest BCUT2D eigenvalue weighted by Gasteiger charge is -2.22. The summed E-state index contributed by atoms with van der Waals surface area (Å²) in [5, 5.41) is 11.0. The molecule has 1 aliphatic heterocycles. The van der Waals surface area contributed by atoms with Crippen LogP contribution in [-0.2, 0) is 9.53 Å². The largest absolute Gasteiger partial charge is 0.469 e. The van der Waals surface area contributed by atoms with E-state index in [1.807, 2.05) is 11.8 Å². The Balaban J connectivity index is 2.27. The minimum Gasteiger partial charge on any atom is -0.469 e. The fourth-order valence-corrected chi connectivity index (χ4v) is 2.47. The smallest absolute Gasteiger partial charge is 0.313 e. The van der Waals surface area contributed by atoms with Crippen LogP contribution in [0, 0.1) is 15.5 Å². The van der Waals surface area contributed by atoms with Crippen molar-refractivity contribution < 1.29 is 14.5 Å². The Morgan fingerprint density at radius 3 is 2.79 bits per heavy atom. The number of rotatable bonds is 3. The Morgan fingerprint density at radius 2 is 2.16 bits per heavy atom. The molecule has 1 aromatic carbocycles. The van der Waals surface area contributed by atoms with Crippen molar-refractivity contribution in [1.82, 2.24) is 0 Å². The molecule has 19 heavy (non-hydrogen) atoms. The Hall–Kier alpha value is -2.11. The van der Waals surface area contributed by atoms with Gasteiger partial charge in [-0.05, 0) is 19.4 Å². The topological polar surface area (TPSA) is 72.7 Å². The second-order valence-electron chi connectivity index (χ2n) is 4.97. The predicted octanol–water partition coefficient (Wildman–Crippen LogP) is 1.98. The second kappa shape index (κ2) is 4.87. The molecule has 6 heteroatoms. The van der Waals surface area contributed by atoms with Crippen molar-refractivity contribution in [2.75, 3.05) is 25.1 Å². The van der Waals surface area contributed by atoms with Gasteiger partial charge in [0.15, 0.2) is 0 Å². The van der Waals surface area contributed by atoms with E-state index in [1.54, 1.807) is 18.2 Å². The molecule has 0 N–H and O–H groups in total. The molecule has 1 aliphatic rings. The molecule has 0 aromatic heterocycles. The van der Waals surface area contributed by atoms with Gasteiger partial charge >= 0.3 is 5.97 Å². The minimum absolute atomic E-state index is 0.0663. The fourth-order valence-electron chi connectivity index (χ4n) is 2.47. The summed E-state index contributed by atoms with van der Waals surface area (Å²) in [6.45, 7) is 2.87. The maximum Gasteiger partial charge on any atom is 0.313 e. The van der Waals surface area contributed by atoms with Crippen molar-refractivity contribution in [1.29, 1.82) is 0 Å². The normalized spacial score (nSPS) is 22.3. The summed E-state index contributed by atoms with van der Waals surface area (Å²) in [5.41, 5.74) is 0.0232. The average molecular weight is 264 g/mol. The van der Waals surface area contributed by atoms with Crippen LogP contribution in [-0.4, -0.2) is 31.1 Å². The van der Waals surface area contributed by atoms with E-state index in [-0.39, 0.29) is 11.7 Å². The van der Waals surface area contributed by atoms with Crippen molar-refractivity contribution in [3.05, 3.63) is 34.4 Å². The molecule has 0 radical (unpaired) electrons. The summed E-state index contributed by atoms with van der Waals surface area (Å²) in [4.78, 5) is 24.2. The number of carbonyl (C=O) groups is 1. The first-order chi connectivity index (χ1) is 8.98. The summed E-state index contributed by atoms with van der Waals surface area (Å²) in [6, 6.07) is 6.58. The summed E-state index contributed by atoms with van der Waals surface area (Å²) >= 11 is 0. The molecule has 0 bridgehead atoms. The average Bonchev–Trinajstić information content (AvgIpc) is 2.81. The van der Waals surface area contributed by atoms with Gasteiger partial charge in [0.05, 0.1) is 17.4 Å². The first-order valence-corrected chi connectivity index (χ1v) is 6.05. The zero-order valence-electron chi connectivity index (χ0n) is 11.0. The molecule has 102 valence electrons. The number of nitro groups is 1. The van der Waals surface area contributed by atoms with E-state index >= 15 is 0 Å². The number of esters is 1. The van der Waals surface area contributed by atoms with E-state index in [2.05, 4.69) is 0 Å². The van der Waals surface area contributed by atoms with Crippen molar-refractivity contribution in [3.8, 4) is 0 Å². The Kier molecular flexibility index (Phi) is 3.42. The van der Waals surface area contributed by atoms with Crippen LogP contribution in [0.25, 0.3) is 0 Å². The van der Waals surface area contributed by atoms with Gasteiger partial charge in [-0.1, -0.05) is 12.1 Å². The van der Waals surface area contributed by atoms with Crippen LogP contribution in [0.4, 0.5) is 11.4 Å². The molecular weight excluding hydrogens is 248 g/mol. The van der Waals surface area contributed by atoms with E-state index in [0.29, 0.717) is 25.2 Å². The summed E-state index contributed by atoms with van der Waals surface area (Å²) in [7, 11) is 1.36. The highest BCUT2D eigenvalue weighted by atomic mass is 16.6. The highest BCUT2D eigenvalue weighted by Gasteiger charge is 2.42. The molecule has 0 spiro atoms. The maximum absolute atomic E-state index is 11.7. The number of hydrogen-bond acceptors (Lipinski definition) is 5. The predicted molar refractivity (Wildman–Crippen MR) is 70.0 cm³/mol. The van der Waals surface area contributed by atoms with Gasteiger partial charge < -0.3 is 9.64 Å². The number of methoxy groups -OCH3 is 1. The van der Waals surface area contributed by atoms with Crippen molar-refractivity contribution in [2.24, 2.45) is 5.41 Å². The maximum atomic E-state index is 11.7. The standard InChI is InChI=1S/C13H16N2O4/c1-13(12(16)19-2)7-8-14(9-13)10-5-3-4-6-11(10)15(17)18/h3-6H,7-9H2,1-2H3. The van der Waals surface area contributed by atoms with Crippen LogP contribution < -0.4 is 4.90 Å². The van der Waals surface area contributed by atoms with E-state index in [4.69, 9.17) is 4.74 Å². The number of nitrogens with zero attached hydrogens (tertiary/aromatic N) is 2. The third-order valence-electron chi connectivity index (χ3n) is 3.57. The number of anilines is 1. The van der Waals surface area contributed by atoms with Gasteiger partial charge in [-0.3, -0.25) is 14.9 Å². The number of carbonyl (C=O) groups excluding carboxylic acids is 1. The van der Waals surface area contributed by atoms with Crippen molar-refractivity contribution in [2.45, 2.75) is 13.3 Å². The fraction of sp³-hybridized carbons (Fsp3) is 0.462. The zero-order valence-corrected chi connectivity index (χ0v) is 11.0. The van der Waals surface area contributed by atoms with Crippen molar-refractivity contribution in [3.63, 3.8) is 0 Å². The first kappa shape index (κ1) is 13.3. The van der Waals surface area contributed by atoms with Crippen LogP contribution in [0.5, 0.6) is 0 Å². The van der Waals surface area contributed by atoms with Gasteiger partial charge in [-0.25, -0.2) is 0 Å². The monoisotopic (exact) mass is 264 g/mol. The Morgan fingerprint density at radius 1 is 1.47 bits per heavy atom. The minimum atomic E-state index is -0.599. The van der Waals surface area contributed by atoms with Gasteiger partial charge in [-0.15, -0.1) is 0 Å². The van der Waals surface area contributed by atoms with E-state index in [9.17, 15) is 14.9 Å². The van der Waals surface area contributed by atoms with Crippen LogP contribution in [0.3, 0.4) is 0 Å². The summed E-state index contributed by atoms with van der Waals surface area (Å²) in [5.74, 6) is -0.270. The molecule has 1 unspecified atom stereocenters. The molecule has 1 fully saturated rings. The molecule has 0 saturated carbocycles. The number of benzene rings is 1. The SMILES string of the molecule is COC(=O)C1(C)CCN(c2ccccc2[N+](=O)[O-])C1. The molecule has 1 saturated heterocycles. The summed E-state index contributed by atoms with van der Waals surface area (Å²) < 4.78 is 4.80. The highest BCUT2D eigenvalue weighted by Crippen LogP contribution is 2.37. The first-order valence-electron chi connectivity index (χ1n) is 6.05. The summed E-state index contributed by atoms with van der Waals surface area (Å²) in [6.07, 6.45) is 0.631. The second-order valence-corrected chi connectivity index (χ2v) is 4.97. The van der Waals surface area contributed by atoms with E-state index < -0.39 is 10.3 Å². The molecular formula is C13H16N2O4. The lowest BCUT2D eigenvalue weighted by molar-refractivity contribution is -0.384. The van der Waals surface area contributed by atoms with Crippen molar-refractivity contribution >= 4 is 17.3 Å². The molecule has 1 atom stereocenters. The molecule has 1 heterocycles. The third-order valence-corrected chi connectivity index (χ3v) is 3.57. The van der Waals surface area contributed by atoms with Gasteiger partial charge in [-0.2, -0.15) is 0 Å².